The van der Waals surface area contributed by atoms with Gasteiger partial charge in [-0.25, -0.2) is 0 Å². The molecule has 0 heterocycles. The number of aryl methyl sites for hydroxylation is 1. The highest BCUT2D eigenvalue weighted by atomic mass is 16.3. The predicted octanol–water partition coefficient (Wildman–Crippen LogP) is 3.10. The van der Waals surface area contributed by atoms with E-state index in [1.165, 1.54) is 5.56 Å². The molecule has 16 heavy (non-hydrogen) atoms. The number of nitrogens with two attached hydrogens (primary N) is 1. The number of phenols is 1. The molecule has 0 radical (unpaired) electrons. The number of rotatable bonds is 3. The molecular weight excluding hydrogens is 198 g/mol. The van der Waals surface area contributed by atoms with Gasteiger partial charge in [0.05, 0.1) is 0 Å². The Balaban J connectivity index is 3.26. The summed E-state index contributed by atoms with van der Waals surface area (Å²) in [6.07, 6.45) is 0.702. The van der Waals surface area contributed by atoms with E-state index >= 15 is 0 Å². The molecule has 0 aliphatic rings. The quantitative estimate of drug-likeness (QED) is 0.824. The third kappa shape index (κ3) is 2.99. The monoisotopic (exact) mass is 221 g/mol. The Hall–Kier alpha value is -1.02. The standard InChI is InChI=1S/C14H23NO/c1-9(2)11-7-6-10(3)13(16)12(11)8-14(4,5)15/h6-7,9,16H,8,15H2,1-5H3. The van der Waals surface area contributed by atoms with Gasteiger partial charge in [-0.3, -0.25) is 0 Å². The molecule has 1 aromatic carbocycles. The van der Waals surface area contributed by atoms with E-state index in [-0.39, 0.29) is 5.54 Å². The Morgan fingerprint density at radius 3 is 2.31 bits per heavy atom. The van der Waals surface area contributed by atoms with Crippen LogP contribution in [0.4, 0.5) is 0 Å². The Morgan fingerprint density at radius 2 is 1.88 bits per heavy atom. The number of aromatic hydroxyl groups is 1. The van der Waals surface area contributed by atoms with E-state index in [0.717, 1.165) is 11.1 Å². The maximum atomic E-state index is 10.1. The first-order chi connectivity index (χ1) is 7.22. The largest absolute Gasteiger partial charge is 0.507 e. The minimum Gasteiger partial charge on any atom is -0.507 e. The van der Waals surface area contributed by atoms with Crippen LogP contribution < -0.4 is 5.73 Å². The minimum atomic E-state index is -0.297. The van der Waals surface area contributed by atoms with Gasteiger partial charge in [-0.2, -0.15) is 0 Å². The maximum Gasteiger partial charge on any atom is 0.122 e. The minimum absolute atomic E-state index is 0.297. The molecule has 0 atom stereocenters. The van der Waals surface area contributed by atoms with Crippen LogP contribution in [0.3, 0.4) is 0 Å². The highest BCUT2D eigenvalue weighted by molar-refractivity contribution is 5.47. The third-order valence-corrected chi connectivity index (χ3v) is 2.78. The summed E-state index contributed by atoms with van der Waals surface area (Å²) < 4.78 is 0. The summed E-state index contributed by atoms with van der Waals surface area (Å²) in [7, 11) is 0. The normalized spacial score (nSPS) is 12.2. The fourth-order valence-corrected chi connectivity index (χ4v) is 1.95. The van der Waals surface area contributed by atoms with Gasteiger partial charge in [0.1, 0.15) is 5.75 Å². The molecule has 0 saturated heterocycles. The maximum absolute atomic E-state index is 10.1. The van der Waals surface area contributed by atoms with Gasteiger partial charge in [0, 0.05) is 5.54 Å². The summed E-state index contributed by atoms with van der Waals surface area (Å²) in [5.41, 5.74) is 8.87. The Bertz CT molecular complexity index is 375. The molecule has 0 amide bonds. The average Bonchev–Trinajstić information content (AvgIpc) is 2.10. The van der Waals surface area contributed by atoms with Crippen molar-refractivity contribution in [2.24, 2.45) is 5.73 Å². The molecule has 0 aliphatic carbocycles. The summed E-state index contributed by atoms with van der Waals surface area (Å²) in [6, 6.07) is 4.07. The number of hydrogen-bond donors (Lipinski definition) is 2. The van der Waals surface area contributed by atoms with Crippen LogP contribution in [0, 0.1) is 6.92 Å². The Morgan fingerprint density at radius 1 is 1.31 bits per heavy atom. The van der Waals surface area contributed by atoms with Crippen LogP contribution in [0.2, 0.25) is 0 Å². The zero-order valence-electron chi connectivity index (χ0n) is 11.0. The van der Waals surface area contributed by atoms with Gasteiger partial charge in [0.25, 0.3) is 0 Å². The Kier molecular flexibility index (Phi) is 3.64. The number of phenolic OH excluding ortho intramolecular Hbond substituents is 1. The molecule has 0 fully saturated rings. The highest BCUT2D eigenvalue weighted by Crippen LogP contribution is 2.32. The van der Waals surface area contributed by atoms with Crippen molar-refractivity contribution < 1.29 is 5.11 Å². The van der Waals surface area contributed by atoms with E-state index < -0.39 is 0 Å². The summed E-state index contributed by atoms with van der Waals surface area (Å²) in [5, 5.41) is 10.1. The second-order valence-electron chi connectivity index (χ2n) is 5.62. The van der Waals surface area contributed by atoms with E-state index in [4.69, 9.17) is 5.73 Å². The van der Waals surface area contributed by atoms with Crippen molar-refractivity contribution in [1.29, 1.82) is 0 Å². The lowest BCUT2D eigenvalue weighted by Crippen LogP contribution is -2.34. The van der Waals surface area contributed by atoms with Gasteiger partial charge in [-0.1, -0.05) is 26.0 Å². The molecule has 3 N–H and O–H groups in total. The van der Waals surface area contributed by atoms with Crippen molar-refractivity contribution in [3.63, 3.8) is 0 Å². The summed E-state index contributed by atoms with van der Waals surface area (Å²) in [6.45, 7) is 10.2. The zero-order chi connectivity index (χ0) is 12.5. The van der Waals surface area contributed by atoms with Crippen molar-refractivity contribution in [2.45, 2.75) is 52.5 Å². The molecule has 90 valence electrons. The van der Waals surface area contributed by atoms with Crippen molar-refractivity contribution in [2.75, 3.05) is 0 Å². The van der Waals surface area contributed by atoms with Gasteiger partial charge in [0.2, 0.25) is 0 Å². The number of benzene rings is 1. The highest BCUT2D eigenvalue weighted by Gasteiger charge is 2.19. The molecule has 2 nitrogen and oxygen atoms in total. The van der Waals surface area contributed by atoms with Crippen LogP contribution in [0.5, 0.6) is 5.75 Å². The summed E-state index contributed by atoms with van der Waals surface area (Å²) in [5.74, 6) is 0.813. The fourth-order valence-electron chi connectivity index (χ4n) is 1.95. The second kappa shape index (κ2) is 4.46. The fraction of sp³-hybridized carbons (Fsp3) is 0.571. The van der Waals surface area contributed by atoms with Gasteiger partial charge < -0.3 is 10.8 Å². The Labute approximate surface area is 98.5 Å². The topological polar surface area (TPSA) is 46.2 Å². The van der Waals surface area contributed by atoms with Crippen molar-refractivity contribution >= 4 is 0 Å². The lowest BCUT2D eigenvalue weighted by molar-refractivity contribution is 0.443. The van der Waals surface area contributed by atoms with Crippen LogP contribution in [-0.4, -0.2) is 10.6 Å². The first-order valence-electron chi connectivity index (χ1n) is 5.82. The molecule has 0 spiro atoms. The zero-order valence-corrected chi connectivity index (χ0v) is 11.0. The van der Waals surface area contributed by atoms with Crippen LogP contribution in [0.1, 0.15) is 50.3 Å². The molecular formula is C14H23NO. The van der Waals surface area contributed by atoms with E-state index in [0.29, 0.717) is 18.1 Å². The molecule has 0 aromatic heterocycles. The molecule has 2 heteroatoms. The molecule has 0 unspecified atom stereocenters. The lowest BCUT2D eigenvalue weighted by atomic mass is 9.87. The SMILES string of the molecule is Cc1ccc(C(C)C)c(CC(C)(C)N)c1O. The van der Waals surface area contributed by atoms with Gasteiger partial charge in [-0.05, 0) is 49.8 Å². The number of hydrogen-bond acceptors (Lipinski definition) is 2. The van der Waals surface area contributed by atoms with Gasteiger partial charge >= 0.3 is 0 Å². The van der Waals surface area contributed by atoms with Crippen LogP contribution >= 0.6 is 0 Å². The molecule has 0 aliphatic heterocycles. The second-order valence-corrected chi connectivity index (χ2v) is 5.62. The van der Waals surface area contributed by atoms with Crippen molar-refractivity contribution in [3.05, 3.63) is 28.8 Å². The van der Waals surface area contributed by atoms with Crippen molar-refractivity contribution in [3.8, 4) is 5.75 Å². The first-order valence-corrected chi connectivity index (χ1v) is 5.82. The van der Waals surface area contributed by atoms with Crippen molar-refractivity contribution in [1.82, 2.24) is 0 Å². The smallest absolute Gasteiger partial charge is 0.122 e. The average molecular weight is 221 g/mol. The van der Waals surface area contributed by atoms with E-state index in [1.54, 1.807) is 0 Å². The third-order valence-electron chi connectivity index (χ3n) is 2.78. The van der Waals surface area contributed by atoms with Crippen LogP contribution in [0.25, 0.3) is 0 Å². The lowest BCUT2D eigenvalue weighted by Gasteiger charge is -2.23. The van der Waals surface area contributed by atoms with E-state index in [2.05, 4.69) is 19.9 Å². The molecule has 1 aromatic rings. The molecule has 1 rings (SSSR count). The predicted molar refractivity (Wildman–Crippen MR) is 68.9 cm³/mol. The van der Waals surface area contributed by atoms with Gasteiger partial charge in [-0.15, -0.1) is 0 Å². The summed E-state index contributed by atoms with van der Waals surface area (Å²) >= 11 is 0. The molecule has 0 bridgehead atoms. The first kappa shape index (κ1) is 13.0. The van der Waals surface area contributed by atoms with E-state index in [1.807, 2.05) is 26.8 Å². The van der Waals surface area contributed by atoms with Gasteiger partial charge in [0.15, 0.2) is 0 Å². The summed E-state index contributed by atoms with van der Waals surface area (Å²) in [4.78, 5) is 0. The van der Waals surface area contributed by atoms with E-state index in [9.17, 15) is 5.11 Å². The molecule has 0 saturated carbocycles. The van der Waals surface area contributed by atoms with Crippen LogP contribution in [0.15, 0.2) is 12.1 Å². The van der Waals surface area contributed by atoms with Crippen LogP contribution in [-0.2, 0) is 6.42 Å².